The summed E-state index contributed by atoms with van der Waals surface area (Å²) >= 11 is 0. The Kier molecular flexibility index (Phi) is 52.8. The number of nitriles is 2. The van der Waals surface area contributed by atoms with Gasteiger partial charge in [0.15, 0.2) is 0 Å². The van der Waals surface area contributed by atoms with Crippen LogP contribution < -0.4 is 74.5 Å². The van der Waals surface area contributed by atoms with E-state index in [2.05, 4.69) is 39.7 Å². The first-order chi connectivity index (χ1) is 35.6. The van der Waals surface area contributed by atoms with Crippen molar-refractivity contribution in [2.24, 2.45) is 0 Å². The molecule has 6 rings (SSSR count). The zero-order chi connectivity index (χ0) is 57.7. The number of hydrogen-bond donors (Lipinski definition) is 0. The maximum absolute atomic E-state index is 8.49. The van der Waals surface area contributed by atoms with Crippen LogP contribution in [-0.2, 0) is 88.5 Å². The van der Waals surface area contributed by atoms with Gasteiger partial charge in [-0.2, -0.15) is 10.5 Å². The van der Waals surface area contributed by atoms with Crippen molar-refractivity contribution in [3.05, 3.63) is 181 Å². The number of halogens is 4. The molecule has 0 spiro atoms. The van der Waals surface area contributed by atoms with E-state index in [9.17, 15) is 0 Å². The maximum Gasteiger partial charge on any atom is 4.00 e. The van der Waals surface area contributed by atoms with Gasteiger partial charge in [0.25, 0.3) is 0 Å². The topological polar surface area (TPSA) is 547 Å². The Balaban J connectivity index is -0.000000313. The van der Waals surface area contributed by atoms with Gasteiger partial charge in [0.1, 0.15) is 0 Å². The van der Waals surface area contributed by atoms with Crippen LogP contribution in [0, 0.1) is 63.6 Å². The fourth-order valence-electron chi connectivity index (χ4n) is 5.02. The van der Waals surface area contributed by atoms with E-state index in [1.165, 1.54) is 13.8 Å². The third-order valence-corrected chi connectivity index (χ3v) is 7.50. The van der Waals surface area contributed by atoms with Crippen molar-refractivity contribution >= 4 is 0 Å². The molecule has 432 valence electrons. The van der Waals surface area contributed by atoms with Crippen LogP contribution in [-0.4, -0.2) is 66.0 Å². The molecule has 6 aromatic rings. The predicted molar refractivity (Wildman–Crippen MR) is 216 cm³/mol. The number of ether oxygens (including phenoxy) is 2. The Morgan fingerprint density at radius 2 is 0.532 bits per heavy atom. The van der Waals surface area contributed by atoms with Crippen molar-refractivity contribution in [1.82, 2.24) is 39.7 Å². The summed E-state index contributed by atoms with van der Waals surface area (Å²) in [5.41, 5.74) is 6.07. The Morgan fingerprint density at radius 3 is 0.684 bits per heavy atom. The second-order valence-corrected chi connectivity index (χ2v) is 16.4. The molecule has 29 nitrogen and oxygen atoms in total. The molecule has 79 heavy (non-hydrogen) atoms. The van der Waals surface area contributed by atoms with Crippen LogP contribution in [0.15, 0.2) is 146 Å². The number of rotatable bonds is 18. The van der Waals surface area contributed by atoms with Crippen LogP contribution in [0.1, 0.15) is 48.0 Å². The molecule has 6 aromatic heterocycles. The minimum absolute atomic E-state index is 0. The standard InChI is InChI=1S/2C20H22N4O.2C2H3N.4ClHO4.2Fe.O/c2*1-4-10-21-18(7-1)15-24(16-19-8-2-5-11-22-19)13-14-25-17-20-9-3-6-12-23-20;2*1-2-3;4*2-1(3,4)5;;;/h2*1-12H,13-17H2;2*1H3;4*(H,2,3,4,5);;;/q;;;;;;;;2*+4;-2/p-4. The van der Waals surface area contributed by atoms with Crippen molar-refractivity contribution < 1.29 is 165 Å². The van der Waals surface area contributed by atoms with Gasteiger partial charge < -0.3 is 14.9 Å². The van der Waals surface area contributed by atoms with Crippen molar-refractivity contribution in [2.45, 2.75) is 53.2 Å². The average Bonchev–Trinajstić information content (AvgIpc) is 3.32. The summed E-state index contributed by atoms with van der Waals surface area (Å²) in [6.45, 7) is 9.87. The molecule has 0 saturated carbocycles. The van der Waals surface area contributed by atoms with Gasteiger partial charge in [-0.05, 0) is 72.8 Å². The molecular weight excluding hydrogens is 1230 g/mol. The van der Waals surface area contributed by atoms with Gasteiger partial charge in [0.05, 0.1) is 72.7 Å². The minimum atomic E-state index is -4.94. The van der Waals surface area contributed by atoms with Crippen molar-refractivity contribution in [3.63, 3.8) is 0 Å². The first kappa shape index (κ1) is 83.1. The number of pyridine rings is 6. The average molecular weight is 1280 g/mol. The molecule has 6 heterocycles. The molecule has 0 bridgehead atoms. The second kappa shape index (κ2) is 50.2. The Labute approximate surface area is 484 Å². The Bertz CT molecular complexity index is 2060. The Morgan fingerprint density at radius 1 is 0.367 bits per heavy atom. The normalized spacial score (nSPS) is 10.2. The van der Waals surface area contributed by atoms with E-state index in [4.69, 9.17) is 94.5 Å². The molecule has 0 radical (unpaired) electrons. The molecule has 0 atom stereocenters. The Hall–Kier alpha value is -4.76. The smallest absolute Gasteiger partial charge is 2.00 e. The van der Waals surface area contributed by atoms with Crippen molar-refractivity contribution in [2.75, 3.05) is 26.3 Å². The minimum Gasteiger partial charge on any atom is -2.00 e. The van der Waals surface area contributed by atoms with Gasteiger partial charge in [-0.1, -0.05) is 36.4 Å². The SMILES string of the molecule is CC#N.CC#N.[Fe+4].[Fe+4].[O-2].[O-][Cl+3]([O-])([O-])[O-].[O-][Cl+3]([O-])([O-])[O-].[O-][Cl+3]([O-])([O-])[O-].[O-][Cl+3]([O-])([O-])[O-].c1ccc(COCCN(Cc2ccccn2)Cc2ccccn2)nc1.c1ccc(COCCN(Cc2ccccn2)Cc2ccccn2)nc1. The van der Waals surface area contributed by atoms with Crippen LogP contribution in [0.4, 0.5) is 0 Å². The number of aromatic nitrogens is 6. The molecule has 0 fully saturated rings. The van der Waals surface area contributed by atoms with Crippen LogP contribution >= 0.6 is 0 Å². The van der Waals surface area contributed by atoms with E-state index in [1.807, 2.05) is 134 Å². The summed E-state index contributed by atoms with van der Waals surface area (Å²) in [6.07, 6.45) is 10.9. The summed E-state index contributed by atoms with van der Waals surface area (Å²) in [5, 5.41) is 14.6. The largest absolute Gasteiger partial charge is 4.00 e. The quantitative estimate of drug-likeness (QED) is 0.0569. The van der Waals surface area contributed by atoms with Gasteiger partial charge in [-0.25, -0.2) is 74.5 Å². The molecule has 0 amide bonds. The summed E-state index contributed by atoms with van der Waals surface area (Å²) < 4.78 is 147. The first-order valence-electron chi connectivity index (χ1n) is 20.7. The molecular formula is C44H50Cl4Fe2N10O19+2. The zero-order valence-corrected chi connectivity index (χ0v) is 46.6. The third kappa shape index (κ3) is 69.3. The van der Waals surface area contributed by atoms with Crippen LogP contribution in [0.5, 0.6) is 0 Å². The first-order valence-corrected chi connectivity index (χ1v) is 25.7. The van der Waals surface area contributed by atoms with Gasteiger partial charge >= 0.3 is 34.1 Å². The van der Waals surface area contributed by atoms with Crippen LogP contribution in [0.25, 0.3) is 0 Å². The van der Waals surface area contributed by atoms with E-state index in [0.717, 1.165) is 73.4 Å². The predicted octanol–water partition coefficient (Wildman–Crippen LogP) is -11.9. The summed E-state index contributed by atoms with van der Waals surface area (Å²) in [5.74, 6) is 0. The monoisotopic (exact) mass is 1270 g/mol. The molecule has 0 aliphatic carbocycles. The number of hydrogen-bond acceptors (Lipinski definition) is 28. The summed E-state index contributed by atoms with van der Waals surface area (Å²) in [4.78, 5) is 30.8. The van der Waals surface area contributed by atoms with Crippen LogP contribution in [0.3, 0.4) is 0 Å². The third-order valence-electron chi connectivity index (χ3n) is 7.50. The van der Waals surface area contributed by atoms with E-state index in [-0.39, 0.29) is 39.6 Å². The molecule has 0 unspecified atom stereocenters. The molecule has 0 saturated heterocycles. The second-order valence-electron chi connectivity index (χ2n) is 13.4. The maximum atomic E-state index is 8.49. The zero-order valence-electron chi connectivity index (χ0n) is 41.4. The summed E-state index contributed by atoms with van der Waals surface area (Å²) in [7, 11) is -19.8. The van der Waals surface area contributed by atoms with E-state index < -0.39 is 41.0 Å². The van der Waals surface area contributed by atoms with E-state index >= 15 is 0 Å². The van der Waals surface area contributed by atoms with Crippen LogP contribution in [0.2, 0.25) is 0 Å². The fraction of sp³-hybridized carbons (Fsp3) is 0.273. The van der Waals surface area contributed by atoms with Crippen molar-refractivity contribution in [3.8, 4) is 12.1 Å². The van der Waals surface area contributed by atoms with E-state index in [1.54, 1.807) is 24.5 Å². The molecule has 0 aliphatic rings. The van der Waals surface area contributed by atoms with Gasteiger partial charge in [-0.3, -0.25) is 39.7 Å². The van der Waals surface area contributed by atoms with E-state index in [0.29, 0.717) is 26.4 Å². The molecule has 35 heteroatoms. The fourth-order valence-corrected chi connectivity index (χ4v) is 5.02. The molecule has 0 N–H and O–H groups in total. The van der Waals surface area contributed by atoms with Gasteiger partial charge in [0, 0.05) is 90.3 Å². The van der Waals surface area contributed by atoms with Crippen molar-refractivity contribution in [1.29, 1.82) is 10.5 Å². The van der Waals surface area contributed by atoms with Gasteiger partial charge in [-0.15, -0.1) is 41.0 Å². The van der Waals surface area contributed by atoms with Gasteiger partial charge in [0.2, 0.25) is 0 Å². The molecule has 0 aromatic carbocycles. The summed E-state index contributed by atoms with van der Waals surface area (Å²) in [6, 6.07) is 39.2. The number of nitrogens with zero attached hydrogens (tertiary/aromatic N) is 10. The molecule has 0 aliphatic heterocycles.